The van der Waals surface area contributed by atoms with Crippen LogP contribution in [0.5, 0.6) is 0 Å². The van der Waals surface area contributed by atoms with Gasteiger partial charge in [0, 0.05) is 5.41 Å². The minimum atomic E-state index is -0.648. The van der Waals surface area contributed by atoms with Crippen molar-refractivity contribution in [3.05, 3.63) is 35.9 Å². The molecular formula is C12H17NO2. The van der Waals surface area contributed by atoms with Gasteiger partial charge in [0.25, 0.3) is 0 Å². The normalized spacial score (nSPS) is 13.3. The molecule has 3 nitrogen and oxygen atoms in total. The molecule has 0 aromatic heterocycles. The van der Waals surface area contributed by atoms with Crippen LogP contribution in [-0.4, -0.2) is 19.1 Å². The SMILES string of the molecule is COC(=O)[C@H](N)C(C)(C)c1ccccc1. The Morgan fingerprint density at radius 1 is 1.33 bits per heavy atom. The minimum Gasteiger partial charge on any atom is -0.468 e. The molecule has 2 N–H and O–H groups in total. The number of carbonyl (C=O) groups excluding carboxylic acids is 1. The molecule has 0 spiro atoms. The van der Waals surface area contributed by atoms with E-state index >= 15 is 0 Å². The molecule has 0 radical (unpaired) electrons. The third-order valence-corrected chi connectivity index (χ3v) is 2.75. The van der Waals surface area contributed by atoms with Crippen LogP contribution in [0.3, 0.4) is 0 Å². The number of benzene rings is 1. The van der Waals surface area contributed by atoms with Gasteiger partial charge in [-0.1, -0.05) is 44.2 Å². The number of hydrogen-bond acceptors (Lipinski definition) is 3. The van der Waals surface area contributed by atoms with Gasteiger partial charge in [-0.15, -0.1) is 0 Å². The molecule has 3 heteroatoms. The molecule has 1 aromatic carbocycles. The lowest BCUT2D eigenvalue weighted by molar-refractivity contribution is -0.143. The summed E-state index contributed by atoms with van der Waals surface area (Å²) in [5.41, 5.74) is 6.47. The molecular weight excluding hydrogens is 190 g/mol. The first-order valence-electron chi connectivity index (χ1n) is 4.89. The number of carbonyl (C=O) groups is 1. The molecule has 0 saturated carbocycles. The molecule has 0 amide bonds. The summed E-state index contributed by atoms with van der Waals surface area (Å²) in [5.74, 6) is -0.385. The maximum absolute atomic E-state index is 11.4. The lowest BCUT2D eigenvalue weighted by Gasteiger charge is -2.30. The Morgan fingerprint density at radius 2 is 1.87 bits per heavy atom. The van der Waals surface area contributed by atoms with E-state index in [0.717, 1.165) is 5.56 Å². The van der Waals surface area contributed by atoms with Gasteiger partial charge in [0.05, 0.1) is 7.11 Å². The molecule has 1 atom stereocenters. The van der Waals surface area contributed by atoms with E-state index in [2.05, 4.69) is 4.74 Å². The van der Waals surface area contributed by atoms with Crippen molar-refractivity contribution in [2.75, 3.05) is 7.11 Å². The van der Waals surface area contributed by atoms with Gasteiger partial charge < -0.3 is 10.5 Å². The van der Waals surface area contributed by atoms with Crippen molar-refractivity contribution >= 4 is 5.97 Å². The summed E-state index contributed by atoms with van der Waals surface area (Å²) in [7, 11) is 1.35. The van der Waals surface area contributed by atoms with Crippen LogP contribution in [0.4, 0.5) is 0 Å². The first kappa shape index (κ1) is 11.7. The highest BCUT2D eigenvalue weighted by Gasteiger charge is 2.34. The molecule has 0 saturated heterocycles. The Morgan fingerprint density at radius 3 is 2.33 bits per heavy atom. The van der Waals surface area contributed by atoms with Crippen molar-refractivity contribution in [2.45, 2.75) is 25.3 Å². The topological polar surface area (TPSA) is 52.3 Å². The van der Waals surface area contributed by atoms with Crippen LogP contribution in [0.15, 0.2) is 30.3 Å². The summed E-state index contributed by atoms with van der Waals surface area (Å²) in [6.45, 7) is 3.87. The van der Waals surface area contributed by atoms with Crippen LogP contribution in [0, 0.1) is 0 Å². The van der Waals surface area contributed by atoms with E-state index in [1.54, 1.807) is 0 Å². The fraction of sp³-hybridized carbons (Fsp3) is 0.417. The largest absolute Gasteiger partial charge is 0.468 e. The predicted molar refractivity (Wildman–Crippen MR) is 59.5 cm³/mol. The van der Waals surface area contributed by atoms with Crippen molar-refractivity contribution < 1.29 is 9.53 Å². The van der Waals surface area contributed by atoms with Crippen molar-refractivity contribution in [1.82, 2.24) is 0 Å². The molecule has 0 unspecified atom stereocenters. The fourth-order valence-electron chi connectivity index (χ4n) is 1.47. The van der Waals surface area contributed by atoms with Gasteiger partial charge >= 0.3 is 5.97 Å². The molecule has 15 heavy (non-hydrogen) atoms. The maximum Gasteiger partial charge on any atom is 0.323 e. The zero-order valence-corrected chi connectivity index (χ0v) is 9.36. The Labute approximate surface area is 90.2 Å². The van der Waals surface area contributed by atoms with E-state index in [1.807, 2.05) is 44.2 Å². The van der Waals surface area contributed by atoms with Crippen LogP contribution in [-0.2, 0) is 14.9 Å². The van der Waals surface area contributed by atoms with E-state index in [0.29, 0.717) is 0 Å². The van der Waals surface area contributed by atoms with Crippen LogP contribution in [0.25, 0.3) is 0 Å². The van der Waals surface area contributed by atoms with Gasteiger partial charge in [0.1, 0.15) is 6.04 Å². The van der Waals surface area contributed by atoms with Crippen molar-refractivity contribution in [3.63, 3.8) is 0 Å². The lowest BCUT2D eigenvalue weighted by atomic mass is 9.78. The van der Waals surface area contributed by atoms with Crippen molar-refractivity contribution in [2.24, 2.45) is 5.73 Å². The van der Waals surface area contributed by atoms with E-state index in [1.165, 1.54) is 7.11 Å². The molecule has 0 heterocycles. The van der Waals surface area contributed by atoms with Gasteiger partial charge in [0.15, 0.2) is 0 Å². The van der Waals surface area contributed by atoms with Crippen molar-refractivity contribution in [3.8, 4) is 0 Å². The highest BCUT2D eigenvalue weighted by Crippen LogP contribution is 2.26. The molecule has 82 valence electrons. The molecule has 0 aliphatic rings. The third-order valence-electron chi connectivity index (χ3n) is 2.75. The van der Waals surface area contributed by atoms with Gasteiger partial charge in [-0.25, -0.2) is 0 Å². The summed E-state index contributed by atoms with van der Waals surface area (Å²) < 4.78 is 4.66. The summed E-state index contributed by atoms with van der Waals surface area (Å²) >= 11 is 0. The van der Waals surface area contributed by atoms with Gasteiger partial charge in [0.2, 0.25) is 0 Å². The third kappa shape index (κ3) is 2.36. The zero-order valence-electron chi connectivity index (χ0n) is 9.36. The molecule has 0 bridgehead atoms. The second kappa shape index (κ2) is 4.45. The number of rotatable bonds is 3. The van der Waals surface area contributed by atoms with Crippen LogP contribution in [0.1, 0.15) is 19.4 Å². The highest BCUT2D eigenvalue weighted by molar-refractivity contribution is 5.77. The second-order valence-corrected chi connectivity index (χ2v) is 4.09. The van der Waals surface area contributed by atoms with E-state index in [4.69, 9.17) is 5.73 Å². The smallest absolute Gasteiger partial charge is 0.323 e. The molecule has 0 aliphatic heterocycles. The molecule has 0 aliphatic carbocycles. The average Bonchev–Trinajstić information content (AvgIpc) is 2.28. The molecule has 0 fully saturated rings. The first-order valence-corrected chi connectivity index (χ1v) is 4.89. The summed E-state index contributed by atoms with van der Waals surface area (Å²) in [6, 6.07) is 9.07. The van der Waals surface area contributed by atoms with E-state index < -0.39 is 11.5 Å². The summed E-state index contributed by atoms with van der Waals surface area (Å²) in [6.07, 6.45) is 0. The number of hydrogen-bond donors (Lipinski definition) is 1. The second-order valence-electron chi connectivity index (χ2n) is 4.09. The van der Waals surface area contributed by atoms with Gasteiger partial charge in [-0.2, -0.15) is 0 Å². The Kier molecular flexibility index (Phi) is 3.48. The first-order chi connectivity index (χ1) is 7.00. The van der Waals surface area contributed by atoms with Crippen LogP contribution >= 0.6 is 0 Å². The number of ether oxygens (including phenoxy) is 1. The Hall–Kier alpha value is -1.35. The van der Waals surface area contributed by atoms with Gasteiger partial charge in [-0.05, 0) is 5.56 Å². The van der Waals surface area contributed by atoms with E-state index in [9.17, 15) is 4.79 Å². The predicted octanol–water partition coefficient (Wildman–Crippen LogP) is 1.46. The number of nitrogens with two attached hydrogens (primary N) is 1. The van der Waals surface area contributed by atoms with Crippen LogP contribution < -0.4 is 5.73 Å². The summed E-state index contributed by atoms with van der Waals surface area (Å²) in [4.78, 5) is 11.4. The minimum absolute atomic E-state index is 0.385. The maximum atomic E-state index is 11.4. The molecule has 1 aromatic rings. The van der Waals surface area contributed by atoms with Gasteiger partial charge in [-0.3, -0.25) is 4.79 Å². The van der Waals surface area contributed by atoms with Crippen molar-refractivity contribution in [1.29, 1.82) is 0 Å². The summed E-state index contributed by atoms with van der Waals surface area (Å²) in [5, 5.41) is 0. The van der Waals surface area contributed by atoms with E-state index in [-0.39, 0.29) is 5.97 Å². The quantitative estimate of drug-likeness (QED) is 0.763. The molecule has 1 rings (SSSR count). The Balaban J connectivity index is 2.97. The lowest BCUT2D eigenvalue weighted by Crippen LogP contribution is -2.47. The monoisotopic (exact) mass is 207 g/mol. The Bertz CT molecular complexity index is 333. The average molecular weight is 207 g/mol. The van der Waals surface area contributed by atoms with Crippen LogP contribution in [0.2, 0.25) is 0 Å². The number of esters is 1. The zero-order chi connectivity index (χ0) is 11.5. The highest BCUT2D eigenvalue weighted by atomic mass is 16.5. The number of methoxy groups -OCH3 is 1. The standard InChI is InChI=1S/C12H17NO2/c1-12(2,10(13)11(14)15-3)9-7-5-4-6-8-9/h4-8,10H,13H2,1-3H3/t10-/m0/s1. The fourth-order valence-corrected chi connectivity index (χ4v) is 1.47.